The van der Waals surface area contributed by atoms with Crippen molar-refractivity contribution in [3.63, 3.8) is 0 Å². The molecule has 2 atom stereocenters. The molecule has 1 aliphatic rings. The van der Waals surface area contributed by atoms with Crippen LogP contribution in [0.5, 0.6) is 11.6 Å². The molecule has 2 aromatic carbocycles. The normalized spacial score (nSPS) is 16.5. The van der Waals surface area contributed by atoms with E-state index in [0.717, 1.165) is 36.4 Å². The van der Waals surface area contributed by atoms with Crippen LogP contribution in [0.1, 0.15) is 37.9 Å². The molecule has 4 rings (SSSR count). The van der Waals surface area contributed by atoms with Gasteiger partial charge in [0.25, 0.3) is 0 Å². The van der Waals surface area contributed by atoms with Gasteiger partial charge in [0.15, 0.2) is 0 Å². The molecule has 1 saturated heterocycles. The van der Waals surface area contributed by atoms with E-state index in [1.807, 2.05) is 37.3 Å². The second-order valence-corrected chi connectivity index (χ2v) is 9.03. The highest BCUT2D eigenvalue weighted by molar-refractivity contribution is 5.43. The molecule has 0 bridgehead atoms. The lowest BCUT2D eigenvalue weighted by atomic mass is 10.1. The summed E-state index contributed by atoms with van der Waals surface area (Å²) >= 11 is 0. The first-order valence-electron chi connectivity index (χ1n) is 12.8. The van der Waals surface area contributed by atoms with Crippen molar-refractivity contribution in [3.8, 4) is 17.3 Å². The standard InChI is InChI=1S/C28H36FN3O4/c1-3-27-26(19-31(17-23(33)20-34-4-2)18-25-14-9-15-35-25)28(36-24-13-8-10-21(29)16-24)32(30-27)22-11-6-5-7-12-22/h5-8,10-13,16,23,25,33H,3-4,9,14-15,17-20H2,1-2H3/t23-,25+/m0/s1. The van der Waals surface area contributed by atoms with Crippen LogP contribution in [-0.4, -0.2) is 64.9 Å². The van der Waals surface area contributed by atoms with Crippen molar-refractivity contribution < 1.29 is 23.7 Å². The van der Waals surface area contributed by atoms with E-state index in [1.54, 1.807) is 16.8 Å². The summed E-state index contributed by atoms with van der Waals surface area (Å²) in [5.74, 6) is 0.577. The molecule has 7 nitrogen and oxygen atoms in total. The minimum atomic E-state index is -0.631. The van der Waals surface area contributed by atoms with Crippen LogP contribution in [-0.2, 0) is 22.4 Å². The van der Waals surface area contributed by atoms with Gasteiger partial charge in [-0.3, -0.25) is 4.90 Å². The Morgan fingerprint density at radius 1 is 1.19 bits per heavy atom. The molecule has 0 unspecified atom stereocenters. The Morgan fingerprint density at radius 2 is 2.03 bits per heavy atom. The van der Waals surface area contributed by atoms with Crippen molar-refractivity contribution in [2.75, 3.05) is 32.9 Å². The first-order valence-corrected chi connectivity index (χ1v) is 12.8. The highest BCUT2D eigenvalue weighted by Crippen LogP contribution is 2.33. The van der Waals surface area contributed by atoms with Gasteiger partial charge in [0, 0.05) is 38.9 Å². The number of aromatic nitrogens is 2. The van der Waals surface area contributed by atoms with Crippen molar-refractivity contribution in [1.29, 1.82) is 0 Å². The summed E-state index contributed by atoms with van der Waals surface area (Å²) in [6, 6.07) is 15.9. The summed E-state index contributed by atoms with van der Waals surface area (Å²) in [5, 5.41) is 15.5. The second-order valence-electron chi connectivity index (χ2n) is 9.03. The lowest BCUT2D eigenvalue weighted by molar-refractivity contribution is 0.00496. The SMILES string of the molecule is CCOC[C@@H](O)CN(Cc1c(CC)nn(-c2ccccc2)c1Oc1cccc(F)c1)C[C@H]1CCCO1. The molecule has 1 aliphatic heterocycles. The highest BCUT2D eigenvalue weighted by Gasteiger charge is 2.26. The quantitative estimate of drug-likeness (QED) is 0.368. The molecular weight excluding hydrogens is 461 g/mol. The topological polar surface area (TPSA) is 69.0 Å². The molecular formula is C28H36FN3O4. The van der Waals surface area contributed by atoms with Crippen LogP contribution >= 0.6 is 0 Å². The fourth-order valence-corrected chi connectivity index (χ4v) is 4.52. The van der Waals surface area contributed by atoms with Crippen LogP contribution in [0.15, 0.2) is 54.6 Å². The number of aryl methyl sites for hydroxylation is 1. The van der Waals surface area contributed by atoms with Crippen LogP contribution in [0.2, 0.25) is 0 Å². The molecule has 1 fully saturated rings. The predicted molar refractivity (Wildman–Crippen MR) is 136 cm³/mol. The van der Waals surface area contributed by atoms with Gasteiger partial charge in [-0.15, -0.1) is 0 Å². The predicted octanol–water partition coefficient (Wildman–Crippen LogP) is 4.74. The van der Waals surface area contributed by atoms with E-state index in [1.165, 1.54) is 12.1 Å². The summed E-state index contributed by atoms with van der Waals surface area (Å²) in [6.45, 7) is 7.18. The molecule has 8 heteroatoms. The van der Waals surface area contributed by atoms with E-state index in [4.69, 9.17) is 19.3 Å². The van der Waals surface area contributed by atoms with E-state index in [-0.39, 0.29) is 18.5 Å². The van der Waals surface area contributed by atoms with Gasteiger partial charge in [0.1, 0.15) is 11.6 Å². The molecule has 0 aliphatic carbocycles. The van der Waals surface area contributed by atoms with Gasteiger partial charge in [0.2, 0.25) is 5.88 Å². The largest absolute Gasteiger partial charge is 0.438 e. The van der Waals surface area contributed by atoms with Gasteiger partial charge >= 0.3 is 0 Å². The maximum atomic E-state index is 14.0. The third-order valence-corrected chi connectivity index (χ3v) is 6.22. The molecule has 0 amide bonds. The van der Waals surface area contributed by atoms with Gasteiger partial charge in [-0.1, -0.05) is 31.2 Å². The maximum absolute atomic E-state index is 14.0. The molecule has 1 aromatic heterocycles. The Bertz CT molecular complexity index is 1090. The van der Waals surface area contributed by atoms with Gasteiger partial charge in [-0.25, -0.2) is 9.07 Å². The summed E-state index contributed by atoms with van der Waals surface area (Å²) in [7, 11) is 0. The van der Waals surface area contributed by atoms with Crippen molar-refractivity contribution in [1.82, 2.24) is 14.7 Å². The van der Waals surface area contributed by atoms with Crippen LogP contribution in [0.25, 0.3) is 5.69 Å². The van der Waals surface area contributed by atoms with Gasteiger partial charge in [-0.2, -0.15) is 5.10 Å². The Kier molecular flexibility index (Phi) is 9.47. The van der Waals surface area contributed by atoms with E-state index >= 15 is 0 Å². The van der Waals surface area contributed by atoms with E-state index < -0.39 is 6.10 Å². The van der Waals surface area contributed by atoms with Gasteiger partial charge < -0.3 is 19.3 Å². The number of benzene rings is 2. The Morgan fingerprint density at radius 3 is 2.72 bits per heavy atom. The molecule has 1 N–H and O–H groups in total. The first-order chi connectivity index (χ1) is 17.6. The zero-order valence-electron chi connectivity index (χ0n) is 21.1. The number of hydrogen-bond acceptors (Lipinski definition) is 6. The molecule has 194 valence electrons. The Hall–Kier alpha value is -2.78. The first kappa shape index (κ1) is 26.3. The second kappa shape index (κ2) is 13.0. The highest BCUT2D eigenvalue weighted by atomic mass is 19.1. The fourth-order valence-electron chi connectivity index (χ4n) is 4.52. The van der Waals surface area contributed by atoms with E-state index in [9.17, 15) is 9.50 Å². The fraction of sp³-hybridized carbons (Fsp3) is 0.464. The van der Waals surface area contributed by atoms with Crippen molar-refractivity contribution >= 4 is 0 Å². The Balaban J connectivity index is 1.69. The van der Waals surface area contributed by atoms with Crippen LogP contribution in [0.4, 0.5) is 4.39 Å². The summed E-state index contributed by atoms with van der Waals surface area (Å²) < 4.78 is 33.4. The zero-order chi connectivity index (χ0) is 25.3. The Labute approximate surface area is 212 Å². The number of halogens is 1. The number of rotatable bonds is 13. The third-order valence-electron chi connectivity index (χ3n) is 6.22. The third kappa shape index (κ3) is 6.91. The smallest absolute Gasteiger partial charge is 0.227 e. The number of aliphatic hydroxyl groups excluding tert-OH is 1. The number of ether oxygens (including phenoxy) is 3. The number of hydrogen-bond donors (Lipinski definition) is 1. The lowest BCUT2D eigenvalue weighted by Crippen LogP contribution is -2.39. The summed E-state index contributed by atoms with van der Waals surface area (Å²) in [4.78, 5) is 2.18. The minimum Gasteiger partial charge on any atom is -0.438 e. The van der Waals surface area contributed by atoms with Gasteiger partial charge in [0.05, 0.1) is 35.8 Å². The monoisotopic (exact) mass is 497 g/mol. The molecule has 3 aromatic rings. The van der Waals surface area contributed by atoms with Crippen LogP contribution in [0.3, 0.4) is 0 Å². The summed E-state index contributed by atoms with van der Waals surface area (Å²) in [5.41, 5.74) is 2.65. The van der Waals surface area contributed by atoms with Crippen molar-refractivity contribution in [2.45, 2.75) is 51.9 Å². The molecule has 2 heterocycles. The molecule has 0 radical (unpaired) electrons. The van der Waals surface area contributed by atoms with Crippen LogP contribution < -0.4 is 4.74 Å². The number of aliphatic hydroxyl groups is 1. The van der Waals surface area contributed by atoms with Crippen molar-refractivity contribution in [2.24, 2.45) is 0 Å². The number of para-hydroxylation sites is 1. The lowest BCUT2D eigenvalue weighted by Gasteiger charge is -2.27. The molecule has 0 saturated carbocycles. The van der Waals surface area contributed by atoms with E-state index in [2.05, 4.69) is 11.8 Å². The molecule has 0 spiro atoms. The van der Waals surface area contributed by atoms with Crippen LogP contribution in [0, 0.1) is 5.82 Å². The van der Waals surface area contributed by atoms with Crippen molar-refractivity contribution in [3.05, 3.63) is 71.7 Å². The molecule has 36 heavy (non-hydrogen) atoms. The van der Waals surface area contributed by atoms with E-state index in [0.29, 0.717) is 44.3 Å². The maximum Gasteiger partial charge on any atom is 0.227 e. The summed E-state index contributed by atoms with van der Waals surface area (Å²) in [6.07, 6.45) is 2.22. The number of nitrogens with zero attached hydrogens (tertiary/aromatic N) is 3. The average Bonchev–Trinajstić information content (AvgIpc) is 3.51. The average molecular weight is 498 g/mol. The van der Waals surface area contributed by atoms with Gasteiger partial charge in [-0.05, 0) is 50.5 Å². The minimum absolute atomic E-state index is 0.117. The zero-order valence-corrected chi connectivity index (χ0v) is 21.1.